The molecule has 0 aromatic heterocycles. The van der Waals surface area contributed by atoms with Gasteiger partial charge in [-0.2, -0.15) is 0 Å². The van der Waals surface area contributed by atoms with Gasteiger partial charge in [-0.25, -0.2) is 0 Å². The van der Waals surface area contributed by atoms with Crippen molar-refractivity contribution in [2.24, 2.45) is 0 Å². The number of nitrogens with zero attached hydrogens (tertiary/aromatic N) is 2. The number of aryl methyl sites for hydroxylation is 2. The Morgan fingerprint density at radius 3 is 2.23 bits per heavy atom. The Morgan fingerprint density at radius 2 is 1.60 bits per heavy atom. The molecule has 1 saturated heterocycles. The van der Waals surface area contributed by atoms with Crippen LogP contribution in [-0.4, -0.2) is 68.6 Å². The fourth-order valence-electron chi connectivity index (χ4n) is 3.48. The monoisotopic (exact) mass is 411 g/mol. The first kappa shape index (κ1) is 21.6. The number of ether oxygens (including phenoxy) is 2. The van der Waals surface area contributed by atoms with Crippen molar-refractivity contribution < 1.29 is 19.1 Å². The molecule has 1 aliphatic heterocycles. The van der Waals surface area contributed by atoms with E-state index >= 15 is 0 Å². The zero-order valence-corrected chi connectivity index (χ0v) is 18.0. The maximum absolute atomic E-state index is 12.8. The highest BCUT2D eigenvalue weighted by Crippen LogP contribution is 2.29. The zero-order chi connectivity index (χ0) is 21.7. The second-order valence-corrected chi connectivity index (χ2v) is 7.49. The van der Waals surface area contributed by atoms with Gasteiger partial charge >= 0.3 is 0 Å². The minimum atomic E-state index is -0.101. The van der Waals surface area contributed by atoms with Crippen LogP contribution >= 0.6 is 0 Å². The Kier molecular flexibility index (Phi) is 6.95. The molecule has 0 radical (unpaired) electrons. The summed E-state index contributed by atoms with van der Waals surface area (Å²) in [5, 5.41) is 2.89. The number of rotatable bonds is 6. The summed E-state index contributed by atoms with van der Waals surface area (Å²) in [6.45, 7) is 6.87. The van der Waals surface area contributed by atoms with Crippen LogP contribution in [-0.2, 0) is 4.79 Å². The highest BCUT2D eigenvalue weighted by atomic mass is 16.5. The lowest BCUT2D eigenvalue weighted by Gasteiger charge is -2.34. The molecule has 2 aromatic rings. The Morgan fingerprint density at radius 1 is 0.900 bits per heavy atom. The van der Waals surface area contributed by atoms with Gasteiger partial charge in [0.1, 0.15) is 0 Å². The molecule has 0 saturated carbocycles. The number of amides is 2. The largest absolute Gasteiger partial charge is 0.493 e. The highest BCUT2D eigenvalue weighted by molar-refractivity contribution is 5.95. The molecule has 2 amide bonds. The summed E-state index contributed by atoms with van der Waals surface area (Å²) in [6.07, 6.45) is 0. The van der Waals surface area contributed by atoms with E-state index in [1.54, 1.807) is 32.4 Å². The van der Waals surface area contributed by atoms with Crippen LogP contribution in [0.1, 0.15) is 21.5 Å². The first-order valence-electron chi connectivity index (χ1n) is 10.0. The van der Waals surface area contributed by atoms with Crippen LogP contribution in [0.5, 0.6) is 11.5 Å². The fraction of sp³-hybridized carbons (Fsp3) is 0.391. The van der Waals surface area contributed by atoms with Gasteiger partial charge in [0.25, 0.3) is 5.91 Å². The van der Waals surface area contributed by atoms with Crippen molar-refractivity contribution >= 4 is 17.5 Å². The van der Waals surface area contributed by atoms with E-state index in [4.69, 9.17) is 9.47 Å². The van der Waals surface area contributed by atoms with Gasteiger partial charge in [-0.05, 0) is 49.2 Å². The van der Waals surface area contributed by atoms with Gasteiger partial charge in [0.05, 0.1) is 20.8 Å². The number of carbonyl (C=O) groups is 2. The van der Waals surface area contributed by atoms with Crippen LogP contribution in [0.3, 0.4) is 0 Å². The standard InChI is InChI=1S/C23H29N3O4/c1-16-5-6-18(13-17(16)2)23(28)26-11-9-25(10-12-26)15-22(27)24-19-7-8-20(29-3)21(14-19)30-4/h5-8,13-14H,9-12,15H2,1-4H3,(H,24,27). The summed E-state index contributed by atoms with van der Waals surface area (Å²) in [4.78, 5) is 29.1. The van der Waals surface area contributed by atoms with Crippen LogP contribution in [0.25, 0.3) is 0 Å². The normalized spacial score (nSPS) is 14.3. The molecule has 1 N–H and O–H groups in total. The summed E-state index contributed by atoms with van der Waals surface area (Å²) in [7, 11) is 3.13. The van der Waals surface area contributed by atoms with E-state index in [-0.39, 0.29) is 18.4 Å². The molecule has 7 nitrogen and oxygen atoms in total. The van der Waals surface area contributed by atoms with Crippen molar-refractivity contribution in [1.82, 2.24) is 9.80 Å². The predicted molar refractivity (Wildman–Crippen MR) is 116 cm³/mol. The van der Waals surface area contributed by atoms with Crippen molar-refractivity contribution in [3.05, 3.63) is 53.1 Å². The molecule has 3 rings (SSSR count). The summed E-state index contributed by atoms with van der Waals surface area (Å²) in [6, 6.07) is 11.1. The number of methoxy groups -OCH3 is 2. The van der Waals surface area contributed by atoms with Gasteiger partial charge in [-0.1, -0.05) is 6.07 Å². The van der Waals surface area contributed by atoms with E-state index in [0.717, 1.165) is 11.1 Å². The highest BCUT2D eigenvalue weighted by Gasteiger charge is 2.23. The molecule has 1 heterocycles. The second-order valence-electron chi connectivity index (χ2n) is 7.49. The molecule has 0 spiro atoms. The quantitative estimate of drug-likeness (QED) is 0.792. The first-order valence-corrected chi connectivity index (χ1v) is 10.0. The third-order valence-electron chi connectivity index (χ3n) is 5.45. The van der Waals surface area contributed by atoms with Crippen LogP contribution in [0, 0.1) is 13.8 Å². The van der Waals surface area contributed by atoms with E-state index in [1.165, 1.54) is 5.56 Å². The average Bonchev–Trinajstić information content (AvgIpc) is 2.75. The van der Waals surface area contributed by atoms with E-state index in [1.807, 2.05) is 36.9 Å². The lowest BCUT2D eigenvalue weighted by Crippen LogP contribution is -2.50. The Balaban J connectivity index is 1.51. The molecule has 1 aliphatic rings. The van der Waals surface area contributed by atoms with Crippen molar-refractivity contribution in [2.45, 2.75) is 13.8 Å². The van der Waals surface area contributed by atoms with Gasteiger partial charge in [0, 0.05) is 43.5 Å². The van der Waals surface area contributed by atoms with Gasteiger partial charge in [0.2, 0.25) is 5.91 Å². The molecule has 0 aliphatic carbocycles. The third kappa shape index (κ3) is 5.10. The van der Waals surface area contributed by atoms with Crippen molar-refractivity contribution in [3.63, 3.8) is 0 Å². The van der Waals surface area contributed by atoms with Crippen LogP contribution in [0.4, 0.5) is 5.69 Å². The number of hydrogen-bond acceptors (Lipinski definition) is 5. The summed E-state index contributed by atoms with van der Waals surface area (Å²) >= 11 is 0. The molecule has 7 heteroatoms. The van der Waals surface area contributed by atoms with Crippen LogP contribution in [0.2, 0.25) is 0 Å². The Labute approximate surface area is 177 Å². The SMILES string of the molecule is COc1ccc(NC(=O)CN2CCN(C(=O)c3ccc(C)c(C)c3)CC2)cc1OC. The lowest BCUT2D eigenvalue weighted by molar-refractivity contribution is -0.117. The third-order valence-corrected chi connectivity index (χ3v) is 5.45. The molecule has 160 valence electrons. The van der Waals surface area contributed by atoms with E-state index < -0.39 is 0 Å². The lowest BCUT2D eigenvalue weighted by atomic mass is 10.1. The van der Waals surface area contributed by atoms with E-state index in [9.17, 15) is 9.59 Å². The molecule has 1 fully saturated rings. The number of benzene rings is 2. The molecule has 0 bridgehead atoms. The van der Waals surface area contributed by atoms with Crippen molar-refractivity contribution in [2.75, 3.05) is 52.3 Å². The number of anilines is 1. The second kappa shape index (κ2) is 9.63. The van der Waals surface area contributed by atoms with E-state index in [2.05, 4.69) is 10.2 Å². The number of carbonyl (C=O) groups excluding carboxylic acids is 2. The summed E-state index contributed by atoms with van der Waals surface area (Å²) in [5.74, 6) is 1.12. The van der Waals surface area contributed by atoms with Gasteiger partial charge < -0.3 is 19.7 Å². The average molecular weight is 412 g/mol. The topological polar surface area (TPSA) is 71.1 Å². The summed E-state index contributed by atoms with van der Waals surface area (Å²) < 4.78 is 10.5. The maximum Gasteiger partial charge on any atom is 0.253 e. The summed E-state index contributed by atoms with van der Waals surface area (Å²) in [5.41, 5.74) is 3.67. The number of nitrogens with one attached hydrogen (secondary N) is 1. The molecule has 30 heavy (non-hydrogen) atoms. The van der Waals surface area contributed by atoms with Gasteiger partial charge in [0.15, 0.2) is 11.5 Å². The van der Waals surface area contributed by atoms with Crippen LogP contribution in [0.15, 0.2) is 36.4 Å². The molecule has 0 unspecified atom stereocenters. The number of piperazine rings is 1. The van der Waals surface area contributed by atoms with E-state index in [0.29, 0.717) is 43.4 Å². The maximum atomic E-state index is 12.8. The minimum absolute atomic E-state index is 0.0486. The molecule has 0 atom stereocenters. The Hall–Kier alpha value is -3.06. The zero-order valence-electron chi connectivity index (χ0n) is 18.0. The minimum Gasteiger partial charge on any atom is -0.493 e. The smallest absolute Gasteiger partial charge is 0.253 e. The fourth-order valence-corrected chi connectivity index (χ4v) is 3.48. The first-order chi connectivity index (χ1) is 14.4. The van der Waals surface area contributed by atoms with Crippen LogP contribution < -0.4 is 14.8 Å². The predicted octanol–water partition coefficient (Wildman–Crippen LogP) is 2.72. The Bertz CT molecular complexity index is 921. The molecular weight excluding hydrogens is 382 g/mol. The molecule has 2 aromatic carbocycles. The number of hydrogen-bond donors (Lipinski definition) is 1. The molecular formula is C23H29N3O4. The van der Waals surface area contributed by atoms with Gasteiger partial charge in [-0.3, -0.25) is 14.5 Å². The van der Waals surface area contributed by atoms with Gasteiger partial charge in [-0.15, -0.1) is 0 Å². The van der Waals surface area contributed by atoms with Crippen molar-refractivity contribution in [1.29, 1.82) is 0 Å². The van der Waals surface area contributed by atoms with Crippen molar-refractivity contribution in [3.8, 4) is 11.5 Å².